The molecule has 2 saturated carbocycles. The fourth-order valence-electron chi connectivity index (χ4n) is 6.01. The molecule has 4 aliphatic rings. The topological polar surface area (TPSA) is 48.9 Å². The summed E-state index contributed by atoms with van der Waals surface area (Å²) < 4.78 is 6.04. The predicted octanol–water partition coefficient (Wildman–Crippen LogP) is 2.76. The van der Waals surface area contributed by atoms with E-state index in [-0.39, 0.29) is 5.41 Å². The Morgan fingerprint density at radius 1 is 1.00 bits per heavy atom. The molecule has 2 heterocycles. The normalized spacial score (nSPS) is 36.4. The van der Waals surface area contributed by atoms with Gasteiger partial charge in [-0.2, -0.15) is 0 Å². The summed E-state index contributed by atoms with van der Waals surface area (Å²) in [6.07, 6.45) is 11.1. The number of ether oxygens (including phenoxy) is 1. The second-order valence-corrected chi connectivity index (χ2v) is 9.51. The molecule has 2 aliphatic heterocycles. The van der Waals surface area contributed by atoms with Crippen molar-refractivity contribution in [2.24, 2.45) is 16.3 Å². The van der Waals surface area contributed by atoms with E-state index in [0.717, 1.165) is 18.6 Å². The van der Waals surface area contributed by atoms with E-state index in [1.807, 2.05) is 7.05 Å². The lowest BCUT2D eigenvalue weighted by molar-refractivity contribution is -0.188. The highest BCUT2D eigenvalue weighted by Crippen LogP contribution is 2.51. The highest BCUT2D eigenvalue weighted by atomic mass is 16.5. The quantitative estimate of drug-likeness (QED) is 0.599. The van der Waals surface area contributed by atoms with Gasteiger partial charge in [-0.25, -0.2) is 0 Å². The van der Waals surface area contributed by atoms with Crippen LogP contribution >= 0.6 is 0 Å². The van der Waals surface area contributed by atoms with E-state index in [9.17, 15) is 0 Å². The first kappa shape index (κ1) is 18.5. The van der Waals surface area contributed by atoms with Gasteiger partial charge in [0.15, 0.2) is 5.96 Å². The number of rotatable bonds is 3. The largest absolute Gasteiger partial charge is 0.377 e. The van der Waals surface area contributed by atoms with Gasteiger partial charge in [-0.1, -0.05) is 26.7 Å². The number of guanidine groups is 1. The van der Waals surface area contributed by atoms with Gasteiger partial charge in [-0.15, -0.1) is 0 Å². The number of aliphatic imine (C=N–C) groups is 1. The fourth-order valence-corrected chi connectivity index (χ4v) is 6.01. The van der Waals surface area contributed by atoms with Gasteiger partial charge in [0.05, 0.1) is 6.10 Å². The molecule has 5 nitrogen and oxygen atoms in total. The predicted molar refractivity (Wildman–Crippen MR) is 107 cm³/mol. The lowest BCUT2D eigenvalue weighted by Crippen LogP contribution is -2.71. The average Bonchev–Trinajstić information content (AvgIpc) is 3.20. The van der Waals surface area contributed by atoms with Crippen LogP contribution < -0.4 is 10.6 Å². The molecule has 2 saturated heterocycles. The van der Waals surface area contributed by atoms with Crippen molar-refractivity contribution >= 4 is 5.96 Å². The summed E-state index contributed by atoms with van der Waals surface area (Å²) in [6, 6.07) is 1.89. The third-order valence-electron chi connectivity index (χ3n) is 7.56. The summed E-state index contributed by atoms with van der Waals surface area (Å²) in [5.74, 6) is 1.63. The average molecular weight is 363 g/mol. The number of fused-ring (bicyclic) bond motifs is 1. The van der Waals surface area contributed by atoms with Gasteiger partial charge in [-0.05, 0) is 38.5 Å². The molecular formula is C21H38N4O. The zero-order chi connectivity index (χ0) is 18.1. The Labute approximate surface area is 159 Å². The zero-order valence-corrected chi connectivity index (χ0v) is 17.0. The van der Waals surface area contributed by atoms with Crippen LogP contribution in [0.4, 0.5) is 0 Å². The molecule has 4 rings (SSSR count). The van der Waals surface area contributed by atoms with Gasteiger partial charge in [0.1, 0.15) is 0 Å². The minimum absolute atomic E-state index is 0.189. The number of nitrogens with one attached hydrogen (secondary N) is 2. The SMILES string of the molecule is CN=C(NC1CCN(C2CCCC2)CC1)NC1C2CCCOC2C1(C)C. The van der Waals surface area contributed by atoms with Crippen molar-refractivity contribution in [3.63, 3.8) is 0 Å². The van der Waals surface area contributed by atoms with E-state index in [0.29, 0.717) is 24.1 Å². The van der Waals surface area contributed by atoms with Crippen molar-refractivity contribution < 1.29 is 4.74 Å². The first-order valence-corrected chi connectivity index (χ1v) is 10.9. The van der Waals surface area contributed by atoms with Crippen molar-refractivity contribution in [1.82, 2.24) is 15.5 Å². The van der Waals surface area contributed by atoms with Gasteiger partial charge < -0.3 is 20.3 Å². The first-order chi connectivity index (χ1) is 12.6. The van der Waals surface area contributed by atoms with Crippen LogP contribution in [0, 0.1) is 11.3 Å². The molecule has 26 heavy (non-hydrogen) atoms. The number of nitrogens with zero attached hydrogens (tertiary/aromatic N) is 2. The zero-order valence-electron chi connectivity index (χ0n) is 17.0. The molecule has 0 amide bonds. The fraction of sp³-hybridized carbons (Fsp3) is 0.952. The minimum Gasteiger partial charge on any atom is -0.377 e. The highest BCUT2D eigenvalue weighted by molar-refractivity contribution is 5.80. The van der Waals surface area contributed by atoms with E-state index < -0.39 is 0 Å². The van der Waals surface area contributed by atoms with Gasteiger partial charge in [-0.3, -0.25) is 4.99 Å². The van der Waals surface area contributed by atoms with E-state index in [2.05, 4.69) is 34.4 Å². The van der Waals surface area contributed by atoms with Crippen LogP contribution in [0.5, 0.6) is 0 Å². The van der Waals surface area contributed by atoms with Crippen LogP contribution in [0.15, 0.2) is 4.99 Å². The smallest absolute Gasteiger partial charge is 0.191 e. The molecule has 0 aromatic heterocycles. The summed E-state index contributed by atoms with van der Waals surface area (Å²) in [4.78, 5) is 7.28. The molecule has 0 spiro atoms. The third kappa shape index (κ3) is 3.49. The third-order valence-corrected chi connectivity index (χ3v) is 7.56. The van der Waals surface area contributed by atoms with E-state index in [1.54, 1.807) is 0 Å². The summed E-state index contributed by atoms with van der Waals surface area (Å²) in [5.41, 5.74) is 0.189. The number of hydrogen-bond donors (Lipinski definition) is 2. The number of hydrogen-bond acceptors (Lipinski definition) is 3. The summed E-state index contributed by atoms with van der Waals surface area (Å²) in [7, 11) is 1.91. The van der Waals surface area contributed by atoms with Crippen LogP contribution in [-0.4, -0.2) is 61.8 Å². The molecular weight excluding hydrogens is 324 g/mol. The molecule has 2 N–H and O–H groups in total. The Kier molecular flexibility index (Phi) is 5.47. The van der Waals surface area contributed by atoms with Crippen LogP contribution in [0.25, 0.3) is 0 Å². The second-order valence-electron chi connectivity index (χ2n) is 9.51. The lowest BCUT2D eigenvalue weighted by Gasteiger charge is -2.60. The van der Waals surface area contributed by atoms with E-state index >= 15 is 0 Å². The van der Waals surface area contributed by atoms with Gasteiger partial charge >= 0.3 is 0 Å². The summed E-state index contributed by atoms with van der Waals surface area (Å²) in [5, 5.41) is 7.47. The molecule has 148 valence electrons. The molecule has 3 atom stereocenters. The van der Waals surface area contributed by atoms with Crippen molar-refractivity contribution in [2.45, 2.75) is 89.4 Å². The maximum absolute atomic E-state index is 6.04. The molecule has 0 aromatic rings. The Morgan fingerprint density at radius 2 is 1.73 bits per heavy atom. The monoisotopic (exact) mass is 362 g/mol. The summed E-state index contributed by atoms with van der Waals surface area (Å²) >= 11 is 0. The van der Waals surface area contributed by atoms with Crippen molar-refractivity contribution in [3.8, 4) is 0 Å². The lowest BCUT2D eigenvalue weighted by atomic mass is 9.55. The number of likely N-dealkylation sites (tertiary alicyclic amines) is 1. The molecule has 5 heteroatoms. The highest BCUT2D eigenvalue weighted by Gasteiger charge is 2.58. The summed E-state index contributed by atoms with van der Waals surface area (Å²) in [6.45, 7) is 8.10. The van der Waals surface area contributed by atoms with Crippen molar-refractivity contribution in [2.75, 3.05) is 26.7 Å². The van der Waals surface area contributed by atoms with Gasteiger partial charge in [0, 0.05) is 56.2 Å². The van der Waals surface area contributed by atoms with Crippen LogP contribution in [0.3, 0.4) is 0 Å². The van der Waals surface area contributed by atoms with E-state index in [4.69, 9.17) is 4.74 Å². The molecule has 0 bridgehead atoms. The standard InChI is InChI=1S/C21H38N4O/c1-21(2)18(17-9-6-14-26-19(17)21)24-20(22-3)23-15-10-12-25(13-11-15)16-7-4-5-8-16/h15-19H,4-14H2,1-3H3,(H2,22,23,24). The molecule has 2 aliphatic carbocycles. The Balaban J connectivity index is 1.27. The van der Waals surface area contributed by atoms with Gasteiger partial charge in [0.25, 0.3) is 0 Å². The first-order valence-electron chi connectivity index (χ1n) is 10.9. The minimum atomic E-state index is 0.189. The van der Waals surface area contributed by atoms with Crippen LogP contribution in [0.2, 0.25) is 0 Å². The van der Waals surface area contributed by atoms with Crippen molar-refractivity contribution in [3.05, 3.63) is 0 Å². The maximum Gasteiger partial charge on any atom is 0.191 e. The van der Waals surface area contributed by atoms with Crippen molar-refractivity contribution in [1.29, 1.82) is 0 Å². The number of piperidine rings is 1. The molecule has 0 radical (unpaired) electrons. The Morgan fingerprint density at radius 3 is 2.42 bits per heavy atom. The van der Waals surface area contributed by atoms with Crippen LogP contribution in [0.1, 0.15) is 65.2 Å². The van der Waals surface area contributed by atoms with Crippen LogP contribution in [-0.2, 0) is 4.74 Å². The molecule has 0 aromatic carbocycles. The second kappa shape index (κ2) is 7.67. The Bertz CT molecular complexity index is 506. The molecule has 3 unspecified atom stereocenters. The van der Waals surface area contributed by atoms with E-state index in [1.165, 1.54) is 64.5 Å². The Hall–Kier alpha value is -0.810. The maximum atomic E-state index is 6.04. The molecule has 4 fully saturated rings. The van der Waals surface area contributed by atoms with Gasteiger partial charge in [0.2, 0.25) is 0 Å².